The summed E-state index contributed by atoms with van der Waals surface area (Å²) in [7, 11) is -0.443. The molecule has 7 nitrogen and oxygen atoms in total. The maximum Gasteiger partial charge on any atom is 0.247 e. The van der Waals surface area contributed by atoms with Gasteiger partial charge >= 0.3 is 0 Å². The van der Waals surface area contributed by atoms with Crippen LogP contribution in [0.4, 0.5) is 0 Å². The Morgan fingerprint density at radius 3 is 2.43 bits per heavy atom. The summed E-state index contributed by atoms with van der Waals surface area (Å²) in [6.07, 6.45) is 1.58. The summed E-state index contributed by atoms with van der Waals surface area (Å²) >= 11 is 0. The molecule has 0 fully saturated rings. The fraction of sp³-hybridized carbons (Fsp3) is 0.350. The number of nitrogens with zero attached hydrogens (tertiary/aromatic N) is 2. The lowest BCUT2D eigenvalue weighted by Gasteiger charge is -2.23. The van der Waals surface area contributed by atoms with Gasteiger partial charge in [0.25, 0.3) is 0 Å². The first-order valence-corrected chi connectivity index (χ1v) is 10.7. The number of hydrazone groups is 1. The van der Waals surface area contributed by atoms with Crippen LogP contribution in [0.5, 0.6) is 17.2 Å². The summed E-state index contributed by atoms with van der Waals surface area (Å²) in [5.74, 6) is 1.82. The Kier molecular flexibility index (Phi) is 5.79. The van der Waals surface area contributed by atoms with E-state index in [0.717, 1.165) is 21.8 Å². The third-order valence-corrected chi connectivity index (χ3v) is 5.52. The lowest BCUT2D eigenvalue weighted by Crippen LogP contribution is -2.26. The minimum atomic E-state index is -3.57. The van der Waals surface area contributed by atoms with Crippen molar-refractivity contribution in [2.24, 2.45) is 5.10 Å². The molecular weight excluding hydrogens is 380 g/mol. The Balaban J connectivity index is 2.03. The van der Waals surface area contributed by atoms with E-state index < -0.39 is 16.1 Å². The molecule has 0 unspecified atom stereocenters. The zero-order chi connectivity index (χ0) is 20.3. The minimum absolute atomic E-state index is 0.423. The van der Waals surface area contributed by atoms with Gasteiger partial charge in [0.15, 0.2) is 11.5 Å². The van der Waals surface area contributed by atoms with Gasteiger partial charge in [-0.2, -0.15) is 9.52 Å². The van der Waals surface area contributed by atoms with Crippen LogP contribution in [0.3, 0.4) is 0 Å². The largest absolute Gasteiger partial charge is 0.494 e. The van der Waals surface area contributed by atoms with Gasteiger partial charge in [-0.15, -0.1) is 0 Å². The van der Waals surface area contributed by atoms with Crippen LogP contribution >= 0.6 is 0 Å². The SMILES string of the molecule is CCOc1ccccc1[C@@H]1CC(c2ccc(OC)c(OC)c2)=NN1S(C)(=O)=O. The van der Waals surface area contributed by atoms with Gasteiger partial charge in [-0.25, -0.2) is 8.42 Å². The van der Waals surface area contributed by atoms with Gasteiger partial charge in [-0.1, -0.05) is 18.2 Å². The zero-order valence-corrected chi connectivity index (χ0v) is 17.2. The molecule has 0 aromatic heterocycles. The van der Waals surface area contributed by atoms with Crippen molar-refractivity contribution in [1.29, 1.82) is 0 Å². The molecule has 0 saturated carbocycles. The van der Waals surface area contributed by atoms with Crippen molar-refractivity contribution >= 4 is 15.7 Å². The van der Waals surface area contributed by atoms with Gasteiger partial charge < -0.3 is 14.2 Å². The molecule has 2 aromatic rings. The van der Waals surface area contributed by atoms with E-state index in [2.05, 4.69) is 5.10 Å². The van der Waals surface area contributed by atoms with Gasteiger partial charge in [0, 0.05) is 17.5 Å². The van der Waals surface area contributed by atoms with Crippen molar-refractivity contribution in [2.45, 2.75) is 19.4 Å². The third kappa shape index (κ3) is 3.91. The molecule has 1 atom stereocenters. The van der Waals surface area contributed by atoms with E-state index in [0.29, 0.717) is 36.0 Å². The molecule has 0 aliphatic carbocycles. The highest BCUT2D eigenvalue weighted by molar-refractivity contribution is 7.88. The average molecular weight is 404 g/mol. The Labute approximate surface area is 165 Å². The van der Waals surface area contributed by atoms with Gasteiger partial charge in [-0.05, 0) is 31.2 Å². The second kappa shape index (κ2) is 8.10. The topological polar surface area (TPSA) is 77.4 Å². The lowest BCUT2D eigenvalue weighted by molar-refractivity contribution is 0.317. The van der Waals surface area contributed by atoms with Crippen molar-refractivity contribution in [1.82, 2.24) is 4.41 Å². The van der Waals surface area contributed by atoms with Crippen LogP contribution in [0.2, 0.25) is 0 Å². The molecule has 0 saturated heterocycles. The number of sulfonamides is 1. The predicted octanol–water partition coefficient (Wildman–Crippen LogP) is 3.21. The molecule has 8 heteroatoms. The number of hydrogen-bond acceptors (Lipinski definition) is 6. The first-order chi connectivity index (χ1) is 13.4. The Morgan fingerprint density at radius 1 is 1.07 bits per heavy atom. The molecule has 0 radical (unpaired) electrons. The molecule has 0 spiro atoms. The summed E-state index contributed by atoms with van der Waals surface area (Å²) < 4.78 is 42.3. The number of ether oxygens (including phenoxy) is 3. The van der Waals surface area contributed by atoms with E-state index in [1.165, 1.54) is 0 Å². The molecule has 0 amide bonds. The summed E-state index contributed by atoms with van der Waals surface area (Å²) in [6.45, 7) is 2.39. The van der Waals surface area contributed by atoms with Gasteiger partial charge in [0.1, 0.15) is 5.75 Å². The van der Waals surface area contributed by atoms with Crippen LogP contribution < -0.4 is 14.2 Å². The van der Waals surface area contributed by atoms with Crippen molar-refractivity contribution < 1.29 is 22.6 Å². The molecule has 1 heterocycles. The summed E-state index contributed by atoms with van der Waals surface area (Å²) in [4.78, 5) is 0. The maximum absolute atomic E-state index is 12.4. The molecule has 0 N–H and O–H groups in total. The first-order valence-electron chi connectivity index (χ1n) is 8.90. The highest BCUT2D eigenvalue weighted by Crippen LogP contribution is 2.39. The van der Waals surface area contributed by atoms with Crippen LogP contribution in [-0.2, 0) is 10.0 Å². The highest BCUT2D eigenvalue weighted by Gasteiger charge is 2.36. The van der Waals surface area contributed by atoms with Gasteiger partial charge in [0.05, 0.1) is 38.8 Å². The number of methoxy groups -OCH3 is 2. The zero-order valence-electron chi connectivity index (χ0n) is 16.4. The summed E-state index contributed by atoms with van der Waals surface area (Å²) in [5.41, 5.74) is 2.22. The normalized spacial score (nSPS) is 16.6. The number of rotatable bonds is 7. The standard InChI is InChI=1S/C20H24N2O5S/c1-5-27-18-9-7-6-8-15(18)17-13-16(21-22(17)28(4,23)24)14-10-11-19(25-2)20(12-14)26-3/h6-12,17H,5,13H2,1-4H3/t17-/m0/s1. The molecule has 1 aliphatic rings. The third-order valence-electron chi connectivity index (χ3n) is 4.51. The van der Waals surface area contributed by atoms with Crippen molar-refractivity contribution in [3.05, 3.63) is 53.6 Å². The predicted molar refractivity (Wildman–Crippen MR) is 108 cm³/mol. The highest BCUT2D eigenvalue weighted by atomic mass is 32.2. The molecule has 0 bridgehead atoms. The fourth-order valence-electron chi connectivity index (χ4n) is 3.26. The Hall–Kier alpha value is -2.74. The van der Waals surface area contributed by atoms with Crippen LogP contribution in [0.15, 0.2) is 47.6 Å². The van der Waals surface area contributed by atoms with Gasteiger partial charge in [0.2, 0.25) is 10.0 Å². The van der Waals surface area contributed by atoms with E-state index in [-0.39, 0.29) is 0 Å². The second-order valence-corrected chi connectivity index (χ2v) is 8.18. The smallest absolute Gasteiger partial charge is 0.247 e. The van der Waals surface area contributed by atoms with E-state index in [1.54, 1.807) is 26.4 Å². The van der Waals surface area contributed by atoms with Crippen molar-refractivity contribution in [3.8, 4) is 17.2 Å². The van der Waals surface area contributed by atoms with Crippen molar-refractivity contribution in [2.75, 3.05) is 27.1 Å². The fourth-order valence-corrected chi connectivity index (χ4v) is 4.16. The van der Waals surface area contributed by atoms with E-state index in [4.69, 9.17) is 14.2 Å². The molecule has 150 valence electrons. The van der Waals surface area contributed by atoms with E-state index in [9.17, 15) is 8.42 Å². The van der Waals surface area contributed by atoms with Crippen LogP contribution in [-0.4, -0.2) is 45.6 Å². The summed E-state index contributed by atoms with van der Waals surface area (Å²) in [5, 5.41) is 4.43. The lowest BCUT2D eigenvalue weighted by atomic mass is 9.98. The quantitative estimate of drug-likeness (QED) is 0.708. The molecule has 28 heavy (non-hydrogen) atoms. The molecule has 2 aromatic carbocycles. The maximum atomic E-state index is 12.4. The van der Waals surface area contributed by atoms with Crippen LogP contribution in [0.1, 0.15) is 30.5 Å². The molecule has 3 rings (SSSR count). The monoisotopic (exact) mass is 404 g/mol. The second-order valence-electron chi connectivity index (χ2n) is 6.34. The van der Waals surface area contributed by atoms with Crippen LogP contribution in [0.25, 0.3) is 0 Å². The van der Waals surface area contributed by atoms with E-state index in [1.807, 2.05) is 37.3 Å². The first kappa shape index (κ1) is 20.0. The molecular formula is C20H24N2O5S. The van der Waals surface area contributed by atoms with Gasteiger partial charge in [-0.3, -0.25) is 0 Å². The Morgan fingerprint density at radius 2 is 1.79 bits per heavy atom. The number of benzene rings is 2. The summed E-state index contributed by atoms with van der Waals surface area (Å²) in [6, 6.07) is 12.4. The Bertz CT molecular complexity index is 988. The van der Waals surface area contributed by atoms with E-state index >= 15 is 0 Å². The van der Waals surface area contributed by atoms with Crippen LogP contribution in [0, 0.1) is 0 Å². The number of para-hydroxylation sites is 1. The number of hydrogen-bond donors (Lipinski definition) is 0. The molecule has 1 aliphatic heterocycles. The minimum Gasteiger partial charge on any atom is -0.494 e. The van der Waals surface area contributed by atoms with Crippen molar-refractivity contribution in [3.63, 3.8) is 0 Å². The average Bonchev–Trinajstić information content (AvgIpc) is 3.14.